The van der Waals surface area contributed by atoms with E-state index in [0.717, 1.165) is 50.3 Å². The number of piperazine rings is 1. The van der Waals surface area contributed by atoms with Crippen molar-refractivity contribution >= 4 is 23.5 Å². The van der Waals surface area contributed by atoms with Crippen LogP contribution in [0.1, 0.15) is 54.9 Å². The topological polar surface area (TPSA) is 104 Å². The van der Waals surface area contributed by atoms with Crippen LogP contribution in [-0.2, 0) is 4.79 Å². The SMILES string of the molecule is CCCCCCC(=O)N1CCN(c2ccc(-n3nc(-c4ccccc4O)nc3NC(=O)c3ccccc3C)cc2)CC1. The first-order valence-corrected chi connectivity index (χ1v) is 14.7. The Morgan fingerprint density at radius 1 is 0.857 bits per heavy atom. The van der Waals surface area contributed by atoms with Crippen molar-refractivity contribution in [2.75, 3.05) is 36.4 Å². The summed E-state index contributed by atoms with van der Waals surface area (Å²) in [6.07, 6.45) is 5.07. The van der Waals surface area contributed by atoms with Gasteiger partial charge >= 0.3 is 0 Å². The van der Waals surface area contributed by atoms with E-state index in [1.807, 2.05) is 54.3 Å². The van der Waals surface area contributed by atoms with Gasteiger partial charge in [-0.2, -0.15) is 9.67 Å². The number of para-hydroxylation sites is 1. The molecule has 9 heteroatoms. The van der Waals surface area contributed by atoms with Crippen molar-refractivity contribution in [3.05, 3.63) is 83.9 Å². The Hall–Kier alpha value is -4.66. The van der Waals surface area contributed by atoms with E-state index in [9.17, 15) is 14.7 Å². The van der Waals surface area contributed by atoms with E-state index < -0.39 is 0 Å². The van der Waals surface area contributed by atoms with Gasteiger partial charge in [0.2, 0.25) is 11.9 Å². The van der Waals surface area contributed by atoms with E-state index in [-0.39, 0.29) is 23.5 Å². The van der Waals surface area contributed by atoms with Crippen LogP contribution in [0.3, 0.4) is 0 Å². The van der Waals surface area contributed by atoms with Gasteiger partial charge < -0.3 is 14.9 Å². The maximum absolute atomic E-state index is 13.2. The Morgan fingerprint density at radius 3 is 2.26 bits per heavy atom. The van der Waals surface area contributed by atoms with Gasteiger partial charge in [0.25, 0.3) is 5.91 Å². The fourth-order valence-corrected chi connectivity index (χ4v) is 5.23. The molecule has 0 atom stereocenters. The van der Waals surface area contributed by atoms with Gasteiger partial charge in [0, 0.05) is 43.9 Å². The number of aromatic hydroxyl groups is 1. The van der Waals surface area contributed by atoms with Crippen molar-refractivity contribution in [2.45, 2.75) is 46.0 Å². The first-order chi connectivity index (χ1) is 20.4. The Labute approximate surface area is 246 Å². The molecular weight excluding hydrogens is 528 g/mol. The van der Waals surface area contributed by atoms with Crippen molar-refractivity contribution in [1.29, 1.82) is 0 Å². The van der Waals surface area contributed by atoms with Gasteiger partial charge in [0.15, 0.2) is 5.82 Å². The van der Waals surface area contributed by atoms with Crippen molar-refractivity contribution in [3.63, 3.8) is 0 Å². The summed E-state index contributed by atoms with van der Waals surface area (Å²) >= 11 is 0. The van der Waals surface area contributed by atoms with E-state index in [4.69, 9.17) is 0 Å². The number of hydrogen-bond donors (Lipinski definition) is 2. The van der Waals surface area contributed by atoms with Crippen molar-refractivity contribution in [3.8, 4) is 22.8 Å². The predicted molar refractivity (Wildman–Crippen MR) is 165 cm³/mol. The molecule has 0 spiro atoms. The molecule has 2 heterocycles. The number of amides is 2. The third kappa shape index (κ3) is 6.62. The van der Waals surface area contributed by atoms with E-state index in [1.54, 1.807) is 35.0 Å². The summed E-state index contributed by atoms with van der Waals surface area (Å²) in [7, 11) is 0. The molecular formula is C33H38N6O3. The van der Waals surface area contributed by atoms with Gasteiger partial charge in [0.05, 0.1) is 11.3 Å². The van der Waals surface area contributed by atoms with Crippen molar-refractivity contribution in [2.24, 2.45) is 0 Å². The Balaban J connectivity index is 1.33. The second-order valence-corrected chi connectivity index (χ2v) is 10.7. The zero-order valence-electron chi connectivity index (χ0n) is 24.3. The molecule has 0 saturated carbocycles. The summed E-state index contributed by atoms with van der Waals surface area (Å²) in [5, 5.41) is 18.0. The first-order valence-electron chi connectivity index (χ1n) is 14.7. The van der Waals surface area contributed by atoms with Crippen LogP contribution in [0.4, 0.5) is 11.6 Å². The van der Waals surface area contributed by atoms with E-state index in [1.165, 1.54) is 12.8 Å². The fourth-order valence-electron chi connectivity index (χ4n) is 5.23. The lowest BCUT2D eigenvalue weighted by Crippen LogP contribution is -2.48. The fraction of sp³-hybridized carbons (Fsp3) is 0.333. The highest BCUT2D eigenvalue weighted by Gasteiger charge is 2.22. The first kappa shape index (κ1) is 28.9. The van der Waals surface area contributed by atoms with Gasteiger partial charge in [-0.25, -0.2) is 0 Å². The quantitative estimate of drug-likeness (QED) is 0.235. The molecule has 1 aliphatic heterocycles. The highest BCUT2D eigenvalue weighted by atomic mass is 16.3. The highest BCUT2D eigenvalue weighted by molar-refractivity contribution is 6.04. The number of carbonyl (C=O) groups is 2. The number of nitrogens with zero attached hydrogens (tertiary/aromatic N) is 5. The van der Waals surface area contributed by atoms with Crippen LogP contribution in [-0.4, -0.2) is 62.8 Å². The Morgan fingerprint density at radius 2 is 1.55 bits per heavy atom. The van der Waals surface area contributed by atoms with Crippen LogP contribution in [0, 0.1) is 6.92 Å². The molecule has 1 fully saturated rings. The summed E-state index contributed by atoms with van der Waals surface area (Å²) in [6, 6.07) is 22.1. The molecule has 0 radical (unpaired) electrons. The second-order valence-electron chi connectivity index (χ2n) is 10.7. The number of aromatic nitrogens is 3. The lowest BCUT2D eigenvalue weighted by atomic mass is 10.1. The lowest BCUT2D eigenvalue weighted by molar-refractivity contribution is -0.131. The Kier molecular flexibility index (Phi) is 9.16. The number of carbonyl (C=O) groups excluding carboxylic acids is 2. The minimum atomic E-state index is -0.292. The molecule has 1 aromatic heterocycles. The number of nitrogens with one attached hydrogen (secondary N) is 1. The molecule has 0 bridgehead atoms. The largest absolute Gasteiger partial charge is 0.507 e. The summed E-state index contributed by atoms with van der Waals surface area (Å²) in [5.41, 5.74) is 3.64. The molecule has 42 heavy (non-hydrogen) atoms. The predicted octanol–water partition coefficient (Wildman–Crippen LogP) is 5.82. The monoisotopic (exact) mass is 566 g/mol. The summed E-state index contributed by atoms with van der Waals surface area (Å²) < 4.78 is 1.58. The van der Waals surface area contributed by atoms with Crippen molar-refractivity contribution < 1.29 is 14.7 Å². The van der Waals surface area contributed by atoms with Crippen LogP contribution in [0.5, 0.6) is 5.75 Å². The number of rotatable bonds is 10. The summed E-state index contributed by atoms with van der Waals surface area (Å²) in [5.74, 6) is 0.571. The number of phenols is 1. The third-order valence-corrected chi connectivity index (χ3v) is 7.70. The molecule has 3 aromatic carbocycles. The molecule has 1 saturated heterocycles. The van der Waals surface area contributed by atoms with E-state index in [0.29, 0.717) is 29.1 Å². The minimum absolute atomic E-state index is 0.0559. The molecule has 4 aromatic rings. The summed E-state index contributed by atoms with van der Waals surface area (Å²) in [6.45, 7) is 7.05. The van der Waals surface area contributed by atoms with E-state index >= 15 is 0 Å². The molecule has 1 aliphatic rings. The molecule has 9 nitrogen and oxygen atoms in total. The zero-order chi connectivity index (χ0) is 29.5. The zero-order valence-corrected chi connectivity index (χ0v) is 24.3. The minimum Gasteiger partial charge on any atom is -0.507 e. The van der Waals surface area contributed by atoms with Crippen LogP contribution >= 0.6 is 0 Å². The summed E-state index contributed by atoms with van der Waals surface area (Å²) in [4.78, 5) is 34.6. The standard InChI is InChI=1S/C33H38N6O3/c1-3-4-5-6-15-30(41)38-22-20-37(21-23-38)25-16-18-26(19-17-25)39-33(35-32(42)27-12-8-7-11-24(27)2)34-31(36-39)28-13-9-10-14-29(28)40/h7-14,16-19,40H,3-6,15,20-23H2,1-2H3,(H,34,35,36,42). The number of anilines is 2. The van der Waals surface area contributed by atoms with Crippen molar-refractivity contribution in [1.82, 2.24) is 19.7 Å². The number of unbranched alkanes of at least 4 members (excludes halogenated alkanes) is 3. The van der Waals surface area contributed by atoms with E-state index in [2.05, 4.69) is 27.2 Å². The van der Waals surface area contributed by atoms with Crippen LogP contribution < -0.4 is 10.2 Å². The Bertz CT molecular complexity index is 1520. The van der Waals surface area contributed by atoms with Gasteiger partial charge in [-0.15, -0.1) is 5.10 Å². The van der Waals surface area contributed by atoms with Gasteiger partial charge in [-0.3, -0.25) is 14.9 Å². The number of aryl methyl sites for hydroxylation is 1. The molecule has 218 valence electrons. The second kappa shape index (κ2) is 13.3. The van der Waals surface area contributed by atoms with Crippen LogP contribution in [0.2, 0.25) is 0 Å². The average molecular weight is 567 g/mol. The van der Waals surface area contributed by atoms with Gasteiger partial charge in [0.1, 0.15) is 5.75 Å². The number of phenolic OH excluding ortho intramolecular Hbond substituents is 1. The maximum atomic E-state index is 13.2. The molecule has 2 amide bonds. The van der Waals surface area contributed by atoms with Gasteiger partial charge in [-0.05, 0) is 61.4 Å². The smallest absolute Gasteiger partial charge is 0.258 e. The average Bonchev–Trinajstić information content (AvgIpc) is 3.43. The number of hydrogen-bond acceptors (Lipinski definition) is 6. The normalized spacial score (nSPS) is 13.3. The molecule has 2 N–H and O–H groups in total. The lowest BCUT2D eigenvalue weighted by Gasteiger charge is -2.36. The highest BCUT2D eigenvalue weighted by Crippen LogP contribution is 2.29. The molecule has 0 aliphatic carbocycles. The maximum Gasteiger partial charge on any atom is 0.258 e. The van der Waals surface area contributed by atoms with Gasteiger partial charge in [-0.1, -0.05) is 56.5 Å². The third-order valence-electron chi connectivity index (χ3n) is 7.70. The van der Waals surface area contributed by atoms with Crippen LogP contribution in [0.25, 0.3) is 17.1 Å². The molecule has 0 unspecified atom stereocenters. The number of benzene rings is 3. The van der Waals surface area contributed by atoms with Crippen LogP contribution in [0.15, 0.2) is 72.8 Å². The molecule has 5 rings (SSSR count).